The van der Waals surface area contributed by atoms with Crippen molar-refractivity contribution in [2.24, 2.45) is 0 Å². The van der Waals surface area contributed by atoms with Crippen LogP contribution in [0.3, 0.4) is 0 Å². The second-order valence-corrected chi connectivity index (χ2v) is 8.73. The lowest BCUT2D eigenvalue weighted by molar-refractivity contribution is -0.139. The molecule has 0 saturated carbocycles. The predicted octanol–water partition coefficient (Wildman–Crippen LogP) is 3.13. The number of amides is 4. The maximum Gasteiger partial charge on any atom is 0.416 e. The topological polar surface area (TPSA) is 73.0 Å². The number of piperazine rings is 1. The van der Waals surface area contributed by atoms with Crippen LogP contribution in [0.25, 0.3) is 0 Å². The molecule has 180 valence electrons. The highest BCUT2D eigenvalue weighted by atomic mass is 19.4. The molecule has 2 saturated heterocycles. The van der Waals surface area contributed by atoms with Crippen LogP contribution in [0.1, 0.15) is 23.6 Å². The zero-order valence-electron chi connectivity index (χ0n) is 18.9. The van der Waals surface area contributed by atoms with Crippen molar-refractivity contribution in [1.82, 2.24) is 15.1 Å². The van der Waals surface area contributed by atoms with E-state index in [1.54, 1.807) is 30.0 Å². The molecule has 34 heavy (non-hydrogen) atoms. The van der Waals surface area contributed by atoms with Crippen molar-refractivity contribution in [2.75, 3.05) is 37.6 Å². The van der Waals surface area contributed by atoms with Gasteiger partial charge in [0.05, 0.1) is 5.56 Å². The Balaban J connectivity index is 1.38. The first kappa shape index (κ1) is 23.6. The third-order valence-corrected chi connectivity index (χ3v) is 6.37. The highest BCUT2D eigenvalue weighted by Crippen LogP contribution is 2.32. The number of hydrogen-bond acceptors (Lipinski definition) is 4. The number of halogens is 3. The molecule has 2 aromatic rings. The van der Waals surface area contributed by atoms with Gasteiger partial charge in [-0.25, -0.2) is 4.79 Å². The SMILES string of the molecule is Cc1ccc(C2(C)NC(=O)N(CC(=O)N3CCN(c4cccc(C(F)(F)F)c4)CC3)C2=O)cc1. The molecule has 10 heteroatoms. The highest BCUT2D eigenvalue weighted by Gasteiger charge is 2.49. The molecule has 4 rings (SSSR count). The van der Waals surface area contributed by atoms with E-state index in [9.17, 15) is 27.6 Å². The average molecular weight is 474 g/mol. The Morgan fingerprint density at radius 1 is 1.03 bits per heavy atom. The minimum absolute atomic E-state index is 0.272. The van der Waals surface area contributed by atoms with Gasteiger partial charge in [-0.2, -0.15) is 13.2 Å². The Bertz CT molecular complexity index is 1110. The summed E-state index contributed by atoms with van der Waals surface area (Å²) in [6, 6.07) is 11.7. The van der Waals surface area contributed by atoms with Gasteiger partial charge in [-0.1, -0.05) is 35.9 Å². The minimum Gasteiger partial charge on any atom is -0.368 e. The molecule has 7 nitrogen and oxygen atoms in total. The number of nitrogens with zero attached hydrogens (tertiary/aromatic N) is 3. The quantitative estimate of drug-likeness (QED) is 0.692. The normalized spacial score (nSPS) is 21.1. The van der Waals surface area contributed by atoms with Gasteiger partial charge in [-0.15, -0.1) is 0 Å². The van der Waals surface area contributed by atoms with Gasteiger partial charge in [0, 0.05) is 31.9 Å². The van der Waals surface area contributed by atoms with Crippen molar-refractivity contribution in [3.05, 3.63) is 65.2 Å². The smallest absolute Gasteiger partial charge is 0.368 e. The standard InChI is InChI=1S/C24H25F3N4O3/c1-16-6-8-17(9-7-16)23(2)21(33)31(22(34)28-23)15-20(32)30-12-10-29(11-13-30)19-5-3-4-18(14-19)24(25,26)27/h3-9,14H,10-13,15H2,1-2H3,(H,28,34). The molecule has 2 aromatic carbocycles. The van der Waals surface area contributed by atoms with Gasteiger partial charge in [0.2, 0.25) is 5.91 Å². The van der Waals surface area contributed by atoms with E-state index in [-0.39, 0.29) is 19.0 Å². The van der Waals surface area contributed by atoms with Crippen LogP contribution in [0.4, 0.5) is 23.7 Å². The second-order valence-electron chi connectivity index (χ2n) is 8.73. The summed E-state index contributed by atoms with van der Waals surface area (Å²) in [5.41, 5.74) is 0.0953. The van der Waals surface area contributed by atoms with Crippen LogP contribution in [0, 0.1) is 6.92 Å². The van der Waals surface area contributed by atoms with Crippen LogP contribution in [0.5, 0.6) is 0 Å². The summed E-state index contributed by atoms with van der Waals surface area (Å²) in [6.07, 6.45) is -4.43. The van der Waals surface area contributed by atoms with Gasteiger partial charge in [-0.05, 0) is 37.6 Å². The Labute approximate surface area is 195 Å². The summed E-state index contributed by atoms with van der Waals surface area (Å²) in [5, 5.41) is 2.69. The van der Waals surface area contributed by atoms with Crippen molar-refractivity contribution in [1.29, 1.82) is 0 Å². The number of anilines is 1. The summed E-state index contributed by atoms with van der Waals surface area (Å²) >= 11 is 0. The maximum atomic E-state index is 13.1. The van der Waals surface area contributed by atoms with Gasteiger partial charge in [0.15, 0.2) is 0 Å². The van der Waals surface area contributed by atoms with Crippen LogP contribution in [-0.4, -0.2) is 60.4 Å². The molecule has 0 aromatic heterocycles. The van der Waals surface area contributed by atoms with Gasteiger partial charge in [0.25, 0.3) is 5.91 Å². The molecule has 1 N–H and O–H groups in total. The average Bonchev–Trinajstić information content (AvgIpc) is 3.03. The number of urea groups is 1. The number of aryl methyl sites for hydroxylation is 1. The molecule has 0 bridgehead atoms. The van der Waals surface area contributed by atoms with Crippen LogP contribution < -0.4 is 10.2 Å². The first-order valence-electron chi connectivity index (χ1n) is 10.9. The Hall–Kier alpha value is -3.56. The molecule has 0 radical (unpaired) electrons. The van der Waals surface area contributed by atoms with Crippen LogP contribution in [0.15, 0.2) is 48.5 Å². The van der Waals surface area contributed by atoms with E-state index in [0.717, 1.165) is 22.6 Å². The Morgan fingerprint density at radius 3 is 2.29 bits per heavy atom. The van der Waals surface area contributed by atoms with Crippen LogP contribution >= 0.6 is 0 Å². The molecule has 2 aliphatic rings. The summed E-state index contributed by atoms with van der Waals surface area (Å²) in [5.74, 6) is -0.891. The van der Waals surface area contributed by atoms with Crippen LogP contribution in [0.2, 0.25) is 0 Å². The largest absolute Gasteiger partial charge is 0.416 e. The van der Waals surface area contributed by atoms with E-state index in [0.29, 0.717) is 24.3 Å². The fourth-order valence-electron chi connectivity index (χ4n) is 4.25. The van der Waals surface area contributed by atoms with Gasteiger partial charge >= 0.3 is 12.2 Å². The molecule has 4 amide bonds. The van der Waals surface area contributed by atoms with Gasteiger partial charge in [-0.3, -0.25) is 14.5 Å². The van der Waals surface area contributed by atoms with Crippen molar-refractivity contribution in [3.63, 3.8) is 0 Å². The Kier molecular flexibility index (Phi) is 6.01. The third-order valence-electron chi connectivity index (χ3n) is 6.37. The van der Waals surface area contributed by atoms with Crippen LogP contribution in [-0.2, 0) is 21.3 Å². The maximum absolute atomic E-state index is 13.1. The van der Waals surface area contributed by atoms with E-state index in [4.69, 9.17) is 0 Å². The number of imide groups is 1. The third kappa shape index (κ3) is 4.44. The Morgan fingerprint density at radius 2 is 1.68 bits per heavy atom. The first-order chi connectivity index (χ1) is 16.0. The monoisotopic (exact) mass is 474 g/mol. The zero-order chi connectivity index (χ0) is 24.7. The van der Waals surface area contributed by atoms with E-state index in [1.165, 1.54) is 11.0 Å². The summed E-state index contributed by atoms with van der Waals surface area (Å²) < 4.78 is 39.0. The summed E-state index contributed by atoms with van der Waals surface area (Å²) in [4.78, 5) is 42.7. The van der Waals surface area contributed by atoms with Gasteiger partial charge < -0.3 is 15.1 Å². The lowest BCUT2D eigenvalue weighted by Crippen LogP contribution is -2.52. The number of rotatable bonds is 4. The van der Waals surface area contributed by atoms with Crippen molar-refractivity contribution in [2.45, 2.75) is 25.6 Å². The van der Waals surface area contributed by atoms with E-state index in [2.05, 4.69) is 5.32 Å². The molecule has 0 aliphatic carbocycles. The molecule has 2 heterocycles. The minimum atomic E-state index is -4.43. The molecular weight excluding hydrogens is 449 g/mol. The molecular formula is C24H25F3N4O3. The van der Waals surface area contributed by atoms with E-state index < -0.39 is 35.8 Å². The lowest BCUT2D eigenvalue weighted by atomic mass is 9.91. The van der Waals surface area contributed by atoms with Crippen molar-refractivity contribution in [3.8, 4) is 0 Å². The van der Waals surface area contributed by atoms with E-state index in [1.807, 2.05) is 19.1 Å². The highest BCUT2D eigenvalue weighted by molar-refractivity contribution is 6.09. The van der Waals surface area contributed by atoms with Gasteiger partial charge in [0.1, 0.15) is 12.1 Å². The van der Waals surface area contributed by atoms with E-state index >= 15 is 0 Å². The number of benzene rings is 2. The first-order valence-corrected chi connectivity index (χ1v) is 10.9. The van der Waals surface area contributed by atoms with Crippen molar-refractivity contribution >= 4 is 23.5 Å². The molecule has 1 atom stereocenters. The molecule has 1 unspecified atom stereocenters. The molecule has 2 fully saturated rings. The number of hydrogen-bond donors (Lipinski definition) is 1. The lowest BCUT2D eigenvalue weighted by Gasteiger charge is -2.36. The second kappa shape index (κ2) is 8.66. The fourth-order valence-corrected chi connectivity index (χ4v) is 4.25. The number of alkyl halides is 3. The summed E-state index contributed by atoms with van der Waals surface area (Å²) in [6.45, 7) is 4.36. The van der Waals surface area contributed by atoms with Crippen molar-refractivity contribution < 1.29 is 27.6 Å². The zero-order valence-corrected chi connectivity index (χ0v) is 18.9. The fraction of sp³-hybridized carbons (Fsp3) is 0.375. The predicted molar refractivity (Wildman–Crippen MR) is 119 cm³/mol. The molecule has 0 spiro atoms. The number of carbonyl (C=O) groups excluding carboxylic acids is 3. The summed E-state index contributed by atoms with van der Waals surface area (Å²) in [7, 11) is 0. The number of nitrogens with one attached hydrogen (secondary N) is 1. The number of carbonyl (C=O) groups is 3. The molecule has 2 aliphatic heterocycles.